The molecule has 2 aromatic rings. The van der Waals surface area contributed by atoms with E-state index in [-0.39, 0.29) is 11.4 Å². The summed E-state index contributed by atoms with van der Waals surface area (Å²) < 4.78 is 15.3. The minimum absolute atomic E-state index is 0.00890. The molecule has 0 aromatic carbocycles. The van der Waals surface area contributed by atoms with Gasteiger partial charge in [0.15, 0.2) is 11.6 Å². The van der Waals surface area contributed by atoms with Gasteiger partial charge in [-0.2, -0.15) is 5.10 Å². The van der Waals surface area contributed by atoms with Crippen LogP contribution >= 0.6 is 0 Å². The Morgan fingerprint density at radius 1 is 1.22 bits per heavy atom. The Balaban J connectivity index is 1.38. The molecule has 7 nitrogen and oxygen atoms in total. The third-order valence-corrected chi connectivity index (χ3v) is 5.54. The first kappa shape index (κ1) is 18.0. The second-order valence-corrected chi connectivity index (χ2v) is 7.32. The van der Waals surface area contributed by atoms with Crippen LogP contribution in [0.2, 0.25) is 0 Å². The van der Waals surface area contributed by atoms with E-state index >= 15 is 0 Å². The van der Waals surface area contributed by atoms with Crippen molar-refractivity contribution in [2.24, 2.45) is 0 Å². The molecule has 8 heteroatoms. The standard InChI is InChI=1S/C19H25FN6O/c20-16-12-21-13-23-19(16)22-11-15-5-1-2-7-25(15)8-9-26-18(27)10-14-4-3-6-17(14)24-26/h10,12-13,15H,1-9,11H2,(H,21,22,23). The summed E-state index contributed by atoms with van der Waals surface area (Å²) in [5.41, 5.74) is 2.18. The first-order valence-electron chi connectivity index (χ1n) is 9.74. The molecule has 0 bridgehead atoms. The number of rotatable bonds is 6. The van der Waals surface area contributed by atoms with Crippen LogP contribution in [-0.4, -0.2) is 50.3 Å². The summed E-state index contributed by atoms with van der Waals surface area (Å²) in [6.45, 7) is 2.97. The van der Waals surface area contributed by atoms with Crippen molar-refractivity contribution < 1.29 is 4.39 Å². The molecule has 1 unspecified atom stereocenters. The first-order valence-corrected chi connectivity index (χ1v) is 9.74. The lowest BCUT2D eigenvalue weighted by Crippen LogP contribution is -2.45. The van der Waals surface area contributed by atoms with Gasteiger partial charge < -0.3 is 5.32 Å². The summed E-state index contributed by atoms with van der Waals surface area (Å²) in [5.74, 6) is -0.194. The molecule has 4 rings (SSSR count). The van der Waals surface area contributed by atoms with Crippen LogP contribution in [0.25, 0.3) is 0 Å². The Bertz CT molecular complexity index is 854. The fourth-order valence-corrected chi connectivity index (χ4v) is 4.07. The van der Waals surface area contributed by atoms with Crippen molar-refractivity contribution in [3.8, 4) is 0 Å². The molecule has 0 amide bonds. The second-order valence-electron chi connectivity index (χ2n) is 7.32. The average molecular weight is 372 g/mol. The highest BCUT2D eigenvalue weighted by Crippen LogP contribution is 2.19. The zero-order chi connectivity index (χ0) is 18.6. The third-order valence-electron chi connectivity index (χ3n) is 5.54. The van der Waals surface area contributed by atoms with Crippen molar-refractivity contribution in [1.82, 2.24) is 24.6 Å². The first-order chi connectivity index (χ1) is 13.2. The highest BCUT2D eigenvalue weighted by molar-refractivity contribution is 5.34. The number of fused-ring (bicyclic) bond motifs is 1. The van der Waals surface area contributed by atoms with Crippen LogP contribution in [0.3, 0.4) is 0 Å². The Hall–Kier alpha value is -2.35. The molecule has 1 saturated heterocycles. The van der Waals surface area contributed by atoms with Gasteiger partial charge in [-0.25, -0.2) is 19.0 Å². The normalized spacial score (nSPS) is 19.8. The zero-order valence-corrected chi connectivity index (χ0v) is 15.4. The Morgan fingerprint density at radius 3 is 3.04 bits per heavy atom. The third kappa shape index (κ3) is 4.16. The minimum Gasteiger partial charge on any atom is -0.366 e. The van der Waals surface area contributed by atoms with Gasteiger partial charge in [0.2, 0.25) is 0 Å². The van der Waals surface area contributed by atoms with Gasteiger partial charge in [-0.15, -0.1) is 0 Å². The SMILES string of the molecule is O=c1cc2c(nn1CCN1CCCCC1CNc1ncncc1F)CCC2. The van der Waals surface area contributed by atoms with E-state index in [9.17, 15) is 9.18 Å². The highest BCUT2D eigenvalue weighted by atomic mass is 19.1. The van der Waals surface area contributed by atoms with E-state index in [1.165, 1.54) is 12.5 Å². The second kappa shape index (κ2) is 8.12. The average Bonchev–Trinajstić information content (AvgIpc) is 3.13. The summed E-state index contributed by atoms with van der Waals surface area (Å²) in [4.78, 5) is 22.3. The van der Waals surface area contributed by atoms with Crippen LogP contribution in [0.5, 0.6) is 0 Å². The largest absolute Gasteiger partial charge is 0.366 e. The molecular formula is C19H25FN6O. The topological polar surface area (TPSA) is 75.9 Å². The van der Waals surface area contributed by atoms with E-state index in [4.69, 9.17) is 0 Å². The molecule has 0 spiro atoms. The van der Waals surface area contributed by atoms with Gasteiger partial charge in [0.1, 0.15) is 6.33 Å². The van der Waals surface area contributed by atoms with Crippen molar-refractivity contribution >= 4 is 5.82 Å². The Kier molecular flexibility index (Phi) is 5.42. The predicted molar refractivity (Wildman–Crippen MR) is 100 cm³/mol. The molecule has 27 heavy (non-hydrogen) atoms. The van der Waals surface area contributed by atoms with E-state index in [1.54, 1.807) is 10.7 Å². The fraction of sp³-hybridized carbons (Fsp3) is 0.579. The number of nitrogens with zero attached hydrogens (tertiary/aromatic N) is 5. The van der Waals surface area contributed by atoms with Crippen molar-refractivity contribution in [3.05, 3.63) is 46.0 Å². The number of anilines is 1. The summed E-state index contributed by atoms with van der Waals surface area (Å²) in [7, 11) is 0. The highest BCUT2D eigenvalue weighted by Gasteiger charge is 2.23. The van der Waals surface area contributed by atoms with Gasteiger partial charge >= 0.3 is 0 Å². The molecule has 1 N–H and O–H groups in total. The molecule has 1 atom stereocenters. The lowest BCUT2D eigenvalue weighted by Gasteiger charge is -2.35. The van der Waals surface area contributed by atoms with Crippen LogP contribution in [0.4, 0.5) is 10.2 Å². The predicted octanol–water partition coefficient (Wildman–Crippen LogP) is 1.63. The summed E-state index contributed by atoms with van der Waals surface area (Å²) in [6.07, 6.45) is 8.89. The number of aryl methyl sites for hydroxylation is 2. The van der Waals surface area contributed by atoms with Crippen molar-refractivity contribution in [1.29, 1.82) is 0 Å². The molecule has 1 aliphatic carbocycles. The molecule has 1 fully saturated rings. The van der Waals surface area contributed by atoms with Gasteiger partial charge in [0.25, 0.3) is 5.56 Å². The van der Waals surface area contributed by atoms with E-state index in [0.717, 1.165) is 62.9 Å². The van der Waals surface area contributed by atoms with Crippen LogP contribution < -0.4 is 10.9 Å². The smallest absolute Gasteiger partial charge is 0.267 e. The monoisotopic (exact) mass is 372 g/mol. The number of hydrogen-bond acceptors (Lipinski definition) is 6. The van der Waals surface area contributed by atoms with Crippen LogP contribution in [0.1, 0.15) is 36.9 Å². The van der Waals surface area contributed by atoms with Gasteiger partial charge in [-0.3, -0.25) is 9.69 Å². The van der Waals surface area contributed by atoms with E-state index in [0.29, 0.717) is 19.1 Å². The number of nitrogens with one attached hydrogen (secondary N) is 1. The van der Waals surface area contributed by atoms with E-state index < -0.39 is 5.82 Å². The van der Waals surface area contributed by atoms with Crippen molar-refractivity contribution in [2.75, 3.05) is 25.0 Å². The van der Waals surface area contributed by atoms with Crippen LogP contribution in [0, 0.1) is 5.82 Å². The molecule has 0 saturated carbocycles. The van der Waals surface area contributed by atoms with Crippen molar-refractivity contribution in [3.63, 3.8) is 0 Å². The number of piperidine rings is 1. The molecule has 0 radical (unpaired) electrons. The van der Waals surface area contributed by atoms with Crippen molar-refractivity contribution in [2.45, 2.75) is 51.1 Å². The molecular weight excluding hydrogens is 347 g/mol. The summed E-state index contributed by atoms with van der Waals surface area (Å²) in [5, 5.41) is 7.67. The summed E-state index contributed by atoms with van der Waals surface area (Å²) in [6, 6.07) is 2.04. The minimum atomic E-state index is -0.436. The maximum Gasteiger partial charge on any atom is 0.267 e. The quantitative estimate of drug-likeness (QED) is 0.831. The number of halogens is 1. The molecule has 3 heterocycles. The van der Waals surface area contributed by atoms with Gasteiger partial charge in [-0.1, -0.05) is 6.42 Å². The lowest BCUT2D eigenvalue weighted by molar-refractivity contribution is 0.147. The van der Waals surface area contributed by atoms with Gasteiger partial charge in [-0.05, 0) is 44.2 Å². The van der Waals surface area contributed by atoms with E-state index in [2.05, 4.69) is 25.3 Å². The summed E-state index contributed by atoms with van der Waals surface area (Å²) >= 11 is 0. The Morgan fingerprint density at radius 2 is 2.15 bits per heavy atom. The van der Waals surface area contributed by atoms with Gasteiger partial charge in [0, 0.05) is 25.2 Å². The van der Waals surface area contributed by atoms with Crippen LogP contribution in [-0.2, 0) is 19.4 Å². The number of likely N-dealkylation sites (tertiary alicyclic amines) is 1. The maximum absolute atomic E-state index is 13.7. The fourth-order valence-electron chi connectivity index (χ4n) is 4.07. The number of aromatic nitrogens is 4. The Labute approximate surface area is 157 Å². The molecule has 144 valence electrons. The lowest BCUT2D eigenvalue weighted by atomic mass is 10.0. The molecule has 1 aliphatic heterocycles. The van der Waals surface area contributed by atoms with E-state index in [1.807, 2.05) is 0 Å². The number of hydrogen-bond donors (Lipinski definition) is 1. The zero-order valence-electron chi connectivity index (χ0n) is 15.4. The van der Waals surface area contributed by atoms with Crippen LogP contribution in [0.15, 0.2) is 23.4 Å². The van der Waals surface area contributed by atoms with Gasteiger partial charge in [0.05, 0.1) is 18.4 Å². The molecule has 2 aliphatic rings. The maximum atomic E-state index is 13.7. The molecule has 2 aromatic heterocycles.